The third kappa shape index (κ3) is 4.99. The Morgan fingerprint density at radius 3 is 2.29 bits per heavy atom. The van der Waals surface area contributed by atoms with Gasteiger partial charge in [0.1, 0.15) is 5.82 Å². The van der Waals surface area contributed by atoms with Crippen LogP contribution in [0.2, 0.25) is 0 Å². The molecule has 2 heterocycles. The minimum absolute atomic E-state index is 0.115. The zero-order valence-electron chi connectivity index (χ0n) is 19.2. The Kier molecular flexibility index (Phi) is 6.66. The first-order chi connectivity index (χ1) is 16.9. The van der Waals surface area contributed by atoms with E-state index < -0.39 is 17.5 Å². The van der Waals surface area contributed by atoms with Crippen LogP contribution in [0.25, 0.3) is 0 Å². The zero-order chi connectivity index (χ0) is 24.5. The maximum atomic E-state index is 13.7. The molecule has 2 fully saturated rings. The fourth-order valence-electron chi connectivity index (χ4n) is 5.38. The van der Waals surface area contributed by atoms with Crippen molar-refractivity contribution in [2.75, 3.05) is 19.8 Å². The molecule has 0 N–H and O–H groups in total. The zero-order valence-corrected chi connectivity index (χ0v) is 19.2. The first-order valence-corrected chi connectivity index (χ1v) is 11.8. The van der Waals surface area contributed by atoms with Crippen LogP contribution >= 0.6 is 0 Å². The lowest BCUT2D eigenvalue weighted by atomic mass is 9.82. The lowest BCUT2D eigenvalue weighted by Gasteiger charge is -2.52. The maximum Gasteiger partial charge on any atom is 0.416 e. The molecule has 2 aliphatic rings. The quantitative estimate of drug-likeness (QED) is 0.384. The average Bonchev–Trinajstić information content (AvgIpc) is 2.86. The van der Waals surface area contributed by atoms with Crippen LogP contribution in [0.1, 0.15) is 47.1 Å². The van der Waals surface area contributed by atoms with Gasteiger partial charge >= 0.3 is 6.18 Å². The molecule has 3 aromatic carbocycles. The normalized spacial score (nSPS) is 25.6. The third-order valence-electron chi connectivity index (χ3n) is 7.00. The molecule has 3 atom stereocenters. The maximum absolute atomic E-state index is 13.7. The Bertz CT molecular complexity index is 1130. The summed E-state index contributed by atoms with van der Waals surface area (Å²) in [6, 6.07) is 21.7. The van der Waals surface area contributed by atoms with Gasteiger partial charge in [-0.1, -0.05) is 60.7 Å². The summed E-state index contributed by atoms with van der Waals surface area (Å²) in [5, 5.41) is 0. The van der Waals surface area contributed by atoms with Gasteiger partial charge in [-0.2, -0.15) is 13.2 Å². The summed E-state index contributed by atoms with van der Waals surface area (Å²) in [5.41, 5.74) is 1.63. The number of halogens is 4. The molecule has 0 unspecified atom stereocenters. The minimum atomic E-state index is -4.42. The van der Waals surface area contributed by atoms with Crippen LogP contribution in [0, 0.1) is 5.82 Å². The van der Waals surface area contributed by atoms with Crippen LogP contribution in [0.4, 0.5) is 17.6 Å². The first-order valence-electron chi connectivity index (χ1n) is 11.8. The monoisotopic (exact) mass is 485 g/mol. The van der Waals surface area contributed by atoms with E-state index in [0.717, 1.165) is 17.2 Å². The molecule has 5 rings (SSSR count). The Balaban J connectivity index is 1.44. The second-order valence-electron chi connectivity index (χ2n) is 9.20. The number of benzene rings is 3. The Morgan fingerprint density at radius 1 is 0.886 bits per heavy atom. The highest BCUT2D eigenvalue weighted by atomic mass is 19.4. The fourth-order valence-corrected chi connectivity index (χ4v) is 5.38. The van der Waals surface area contributed by atoms with Gasteiger partial charge in [-0.3, -0.25) is 4.90 Å². The smallest absolute Gasteiger partial charge is 0.347 e. The van der Waals surface area contributed by atoms with Crippen molar-refractivity contribution >= 4 is 0 Å². The van der Waals surface area contributed by atoms with Gasteiger partial charge in [0.05, 0.1) is 24.8 Å². The highest BCUT2D eigenvalue weighted by molar-refractivity contribution is 5.33. The summed E-state index contributed by atoms with van der Waals surface area (Å²) >= 11 is 0. The third-order valence-corrected chi connectivity index (χ3v) is 7.00. The molecule has 1 spiro atoms. The van der Waals surface area contributed by atoms with Crippen LogP contribution in [0.15, 0.2) is 78.9 Å². The van der Waals surface area contributed by atoms with Crippen LogP contribution in [0.5, 0.6) is 0 Å². The van der Waals surface area contributed by atoms with Crippen LogP contribution in [0.3, 0.4) is 0 Å². The Hall–Kier alpha value is -2.74. The molecule has 0 aromatic heterocycles. The Labute approximate surface area is 202 Å². The summed E-state index contributed by atoms with van der Waals surface area (Å²) in [6.07, 6.45) is -3.50. The van der Waals surface area contributed by atoms with Gasteiger partial charge < -0.3 is 9.47 Å². The first kappa shape index (κ1) is 24.0. The number of morpholine rings is 1. The van der Waals surface area contributed by atoms with Gasteiger partial charge in [0.25, 0.3) is 0 Å². The van der Waals surface area contributed by atoms with Crippen molar-refractivity contribution in [1.29, 1.82) is 0 Å². The molecule has 0 saturated carbocycles. The predicted molar refractivity (Wildman–Crippen MR) is 124 cm³/mol. The summed E-state index contributed by atoms with van der Waals surface area (Å²) < 4.78 is 67.3. The number of nitrogens with zero attached hydrogens (tertiary/aromatic N) is 1. The number of rotatable bonds is 4. The number of ether oxygens (including phenoxy) is 2. The van der Waals surface area contributed by atoms with E-state index in [0.29, 0.717) is 32.5 Å². The van der Waals surface area contributed by atoms with Crippen molar-refractivity contribution in [1.82, 2.24) is 4.90 Å². The van der Waals surface area contributed by atoms with E-state index in [1.54, 1.807) is 18.2 Å². The van der Waals surface area contributed by atoms with E-state index >= 15 is 0 Å². The van der Waals surface area contributed by atoms with Crippen molar-refractivity contribution in [3.63, 3.8) is 0 Å². The van der Waals surface area contributed by atoms with Crippen LogP contribution in [-0.4, -0.2) is 30.4 Å². The van der Waals surface area contributed by atoms with E-state index in [2.05, 4.69) is 17.0 Å². The largest absolute Gasteiger partial charge is 0.416 e. The minimum Gasteiger partial charge on any atom is -0.347 e. The molecule has 0 radical (unpaired) electrons. The van der Waals surface area contributed by atoms with Gasteiger partial charge in [0.15, 0.2) is 5.79 Å². The van der Waals surface area contributed by atoms with Gasteiger partial charge in [-0.05, 0) is 41.3 Å². The summed E-state index contributed by atoms with van der Waals surface area (Å²) in [5.74, 6) is -1.74. The van der Waals surface area contributed by atoms with E-state index in [-0.39, 0.29) is 29.9 Å². The number of alkyl halides is 3. The van der Waals surface area contributed by atoms with Crippen molar-refractivity contribution in [2.45, 2.75) is 43.3 Å². The van der Waals surface area contributed by atoms with Crippen molar-refractivity contribution in [2.24, 2.45) is 0 Å². The van der Waals surface area contributed by atoms with Crippen molar-refractivity contribution in [3.05, 3.63) is 107 Å². The molecule has 3 nitrogen and oxygen atoms in total. The molecule has 0 bridgehead atoms. The second-order valence-corrected chi connectivity index (χ2v) is 9.20. The van der Waals surface area contributed by atoms with Crippen LogP contribution < -0.4 is 0 Å². The van der Waals surface area contributed by atoms with Gasteiger partial charge in [0.2, 0.25) is 0 Å². The lowest BCUT2D eigenvalue weighted by molar-refractivity contribution is -0.314. The van der Waals surface area contributed by atoms with Gasteiger partial charge in [0, 0.05) is 25.4 Å². The highest BCUT2D eigenvalue weighted by Crippen LogP contribution is 2.48. The molecule has 184 valence electrons. The lowest BCUT2D eigenvalue weighted by Crippen LogP contribution is -2.57. The molecule has 0 aliphatic carbocycles. The molecule has 7 heteroatoms. The summed E-state index contributed by atoms with van der Waals surface area (Å²) in [7, 11) is 0. The molecule has 0 amide bonds. The van der Waals surface area contributed by atoms with E-state index in [1.807, 2.05) is 18.2 Å². The fraction of sp³-hybridized carbons (Fsp3) is 0.357. The topological polar surface area (TPSA) is 21.7 Å². The standard InChI is InChI=1S/C28H27F4NO2/c29-23-12-10-21(11-13-23)26-27(34-17-16-33(26)18-20-6-2-1-3-7-20)15-14-22(19-35-27)24-8-4-5-9-25(24)28(30,31)32/h1-13,22,26H,14-19H2/t22-,26-,27-/m0/s1. The number of hydrogen-bond donors (Lipinski definition) is 0. The molecular weight excluding hydrogens is 458 g/mol. The molecular formula is C28H27F4NO2. The van der Waals surface area contributed by atoms with Crippen LogP contribution in [-0.2, 0) is 22.2 Å². The molecule has 35 heavy (non-hydrogen) atoms. The molecule has 3 aromatic rings. The van der Waals surface area contributed by atoms with Gasteiger partial charge in [-0.25, -0.2) is 4.39 Å². The summed E-state index contributed by atoms with van der Waals surface area (Å²) in [6.45, 7) is 1.86. The Morgan fingerprint density at radius 2 is 1.60 bits per heavy atom. The SMILES string of the molecule is Fc1ccc([C@@H]2N(Cc3ccccc3)CCO[C@]23CC[C@H](c2ccccc2C(F)(F)F)CO3)cc1. The average molecular weight is 486 g/mol. The van der Waals surface area contributed by atoms with Crippen molar-refractivity contribution in [3.8, 4) is 0 Å². The van der Waals surface area contributed by atoms with Crippen molar-refractivity contribution < 1.29 is 27.0 Å². The summed E-state index contributed by atoms with van der Waals surface area (Å²) in [4.78, 5) is 2.26. The predicted octanol–water partition coefficient (Wildman–Crippen LogP) is 6.71. The second kappa shape index (κ2) is 9.72. The van der Waals surface area contributed by atoms with E-state index in [1.165, 1.54) is 24.3 Å². The highest BCUT2D eigenvalue weighted by Gasteiger charge is 2.51. The van der Waals surface area contributed by atoms with E-state index in [9.17, 15) is 17.6 Å². The molecule has 2 aliphatic heterocycles. The number of hydrogen-bond acceptors (Lipinski definition) is 3. The molecule has 2 saturated heterocycles. The van der Waals surface area contributed by atoms with Gasteiger partial charge in [-0.15, -0.1) is 0 Å². The van der Waals surface area contributed by atoms with E-state index in [4.69, 9.17) is 9.47 Å².